The van der Waals surface area contributed by atoms with Crippen molar-refractivity contribution < 1.29 is 9.53 Å². The lowest BCUT2D eigenvalue weighted by Crippen LogP contribution is -2.36. The topological polar surface area (TPSA) is 80.5 Å². The van der Waals surface area contributed by atoms with Gasteiger partial charge in [-0.1, -0.05) is 18.2 Å². The molecule has 0 saturated carbocycles. The molecule has 0 atom stereocenters. The number of ether oxygens (including phenoxy) is 1. The van der Waals surface area contributed by atoms with Crippen LogP contribution in [0.25, 0.3) is 0 Å². The van der Waals surface area contributed by atoms with Crippen LogP contribution in [0.3, 0.4) is 0 Å². The van der Waals surface area contributed by atoms with Crippen molar-refractivity contribution in [1.82, 2.24) is 15.1 Å². The van der Waals surface area contributed by atoms with Crippen LogP contribution in [-0.4, -0.2) is 28.8 Å². The SMILES string of the molecule is COc1cccc(NC(=NCc2c(C)nn(C)c2C)NC(=O)c2ccccc2Br)c1. The summed E-state index contributed by atoms with van der Waals surface area (Å²) in [6.07, 6.45) is 0. The second-order valence-corrected chi connectivity index (χ2v) is 7.58. The first-order valence-corrected chi connectivity index (χ1v) is 10.2. The molecule has 1 amide bonds. The number of nitrogens with one attached hydrogen (secondary N) is 2. The van der Waals surface area contributed by atoms with E-state index in [0.29, 0.717) is 28.3 Å². The molecule has 3 aromatic rings. The lowest BCUT2D eigenvalue weighted by atomic mass is 10.2. The molecule has 2 aromatic carbocycles. The Kier molecular flexibility index (Phi) is 6.89. The fourth-order valence-electron chi connectivity index (χ4n) is 2.97. The smallest absolute Gasteiger partial charge is 0.259 e. The average molecular weight is 470 g/mol. The number of methoxy groups -OCH3 is 1. The van der Waals surface area contributed by atoms with E-state index >= 15 is 0 Å². The molecule has 156 valence electrons. The highest BCUT2D eigenvalue weighted by atomic mass is 79.9. The Morgan fingerprint density at radius 2 is 1.97 bits per heavy atom. The zero-order chi connectivity index (χ0) is 21.7. The molecule has 0 radical (unpaired) electrons. The maximum atomic E-state index is 12.8. The van der Waals surface area contributed by atoms with Crippen molar-refractivity contribution in [3.63, 3.8) is 0 Å². The third-order valence-corrected chi connectivity index (χ3v) is 5.43. The van der Waals surface area contributed by atoms with Crippen LogP contribution in [0, 0.1) is 13.8 Å². The highest BCUT2D eigenvalue weighted by molar-refractivity contribution is 9.10. The van der Waals surface area contributed by atoms with E-state index in [0.717, 1.165) is 22.6 Å². The number of rotatable bonds is 5. The second-order valence-electron chi connectivity index (χ2n) is 6.73. The largest absolute Gasteiger partial charge is 0.497 e. The van der Waals surface area contributed by atoms with E-state index in [9.17, 15) is 4.79 Å². The van der Waals surface area contributed by atoms with E-state index < -0.39 is 0 Å². The average Bonchev–Trinajstić information content (AvgIpc) is 2.97. The van der Waals surface area contributed by atoms with E-state index in [1.807, 2.05) is 68.0 Å². The van der Waals surface area contributed by atoms with Gasteiger partial charge in [0.25, 0.3) is 5.91 Å². The van der Waals surface area contributed by atoms with Crippen LogP contribution in [0.5, 0.6) is 5.75 Å². The van der Waals surface area contributed by atoms with Gasteiger partial charge in [-0.2, -0.15) is 5.10 Å². The molecular formula is C22H24BrN5O2. The molecule has 8 heteroatoms. The van der Waals surface area contributed by atoms with Crippen molar-refractivity contribution in [3.05, 3.63) is 75.5 Å². The molecule has 2 N–H and O–H groups in total. The standard InChI is InChI=1S/C22H24BrN5O2/c1-14-19(15(2)28(3)27-14)13-24-22(25-16-8-7-9-17(12-16)30-4)26-21(29)18-10-5-6-11-20(18)23/h5-12H,13H2,1-4H3,(H2,24,25,26,29). The Hall–Kier alpha value is -3.13. The van der Waals surface area contributed by atoms with E-state index in [4.69, 9.17) is 4.74 Å². The van der Waals surface area contributed by atoms with Crippen molar-refractivity contribution in [2.75, 3.05) is 12.4 Å². The van der Waals surface area contributed by atoms with Gasteiger partial charge in [0.1, 0.15) is 5.75 Å². The van der Waals surface area contributed by atoms with Crippen LogP contribution < -0.4 is 15.4 Å². The van der Waals surface area contributed by atoms with Gasteiger partial charge in [0.2, 0.25) is 5.96 Å². The van der Waals surface area contributed by atoms with Crippen LogP contribution in [0.1, 0.15) is 27.3 Å². The first kappa shape index (κ1) is 21.6. The summed E-state index contributed by atoms with van der Waals surface area (Å²) in [6, 6.07) is 14.7. The van der Waals surface area contributed by atoms with E-state index in [1.165, 1.54) is 0 Å². The number of aryl methyl sites for hydroxylation is 2. The Balaban J connectivity index is 1.89. The first-order valence-electron chi connectivity index (χ1n) is 9.39. The summed E-state index contributed by atoms with van der Waals surface area (Å²) in [7, 11) is 3.51. The summed E-state index contributed by atoms with van der Waals surface area (Å²) in [5, 5.41) is 10.5. The van der Waals surface area contributed by atoms with Gasteiger partial charge < -0.3 is 10.1 Å². The van der Waals surface area contributed by atoms with E-state index in [2.05, 4.69) is 36.7 Å². The summed E-state index contributed by atoms with van der Waals surface area (Å²) in [4.78, 5) is 17.5. The van der Waals surface area contributed by atoms with Crippen LogP contribution in [0.15, 0.2) is 58.0 Å². The number of nitrogens with zero attached hydrogens (tertiary/aromatic N) is 3. The normalized spacial score (nSPS) is 11.3. The molecule has 0 spiro atoms. The maximum Gasteiger partial charge on any atom is 0.259 e. The number of guanidine groups is 1. The molecular weight excluding hydrogens is 446 g/mol. The highest BCUT2D eigenvalue weighted by Gasteiger charge is 2.14. The number of hydrogen-bond acceptors (Lipinski definition) is 4. The summed E-state index contributed by atoms with van der Waals surface area (Å²) in [5.41, 5.74) is 4.25. The molecule has 30 heavy (non-hydrogen) atoms. The molecule has 3 rings (SSSR count). The minimum atomic E-state index is -0.267. The summed E-state index contributed by atoms with van der Waals surface area (Å²) < 4.78 is 7.82. The summed E-state index contributed by atoms with van der Waals surface area (Å²) in [5.74, 6) is 0.776. The van der Waals surface area contributed by atoms with Gasteiger partial charge in [0.05, 0.1) is 24.9 Å². The lowest BCUT2D eigenvalue weighted by Gasteiger charge is -2.13. The number of benzene rings is 2. The molecule has 0 saturated heterocycles. The van der Waals surface area contributed by atoms with Crippen LogP contribution in [0.4, 0.5) is 5.69 Å². The van der Waals surface area contributed by atoms with Crippen molar-refractivity contribution in [2.24, 2.45) is 12.0 Å². The molecule has 0 fully saturated rings. The minimum absolute atomic E-state index is 0.267. The summed E-state index contributed by atoms with van der Waals surface area (Å²) >= 11 is 3.42. The molecule has 1 aromatic heterocycles. The maximum absolute atomic E-state index is 12.8. The van der Waals surface area contributed by atoms with Gasteiger partial charge in [0, 0.05) is 34.5 Å². The molecule has 0 aliphatic carbocycles. The Morgan fingerprint density at radius 1 is 1.20 bits per heavy atom. The molecule has 0 bridgehead atoms. The zero-order valence-electron chi connectivity index (χ0n) is 17.4. The number of carbonyl (C=O) groups is 1. The van der Waals surface area contributed by atoms with Gasteiger partial charge in [-0.25, -0.2) is 4.99 Å². The quantitative estimate of drug-likeness (QED) is 0.433. The van der Waals surface area contributed by atoms with Crippen molar-refractivity contribution >= 4 is 33.5 Å². The Bertz CT molecular complexity index is 1090. The number of aliphatic imine (C=N–C) groups is 1. The molecule has 7 nitrogen and oxygen atoms in total. The Morgan fingerprint density at radius 3 is 2.63 bits per heavy atom. The monoisotopic (exact) mass is 469 g/mol. The predicted octanol–water partition coefficient (Wildman–Crippen LogP) is 4.21. The van der Waals surface area contributed by atoms with Crippen LogP contribution in [0.2, 0.25) is 0 Å². The number of aromatic nitrogens is 2. The number of halogens is 1. The lowest BCUT2D eigenvalue weighted by molar-refractivity contribution is 0.0976. The van der Waals surface area contributed by atoms with Gasteiger partial charge >= 0.3 is 0 Å². The molecule has 1 heterocycles. The highest BCUT2D eigenvalue weighted by Crippen LogP contribution is 2.18. The third-order valence-electron chi connectivity index (χ3n) is 4.74. The Labute approximate surface area is 184 Å². The molecule has 0 aliphatic heterocycles. The third kappa shape index (κ3) is 5.07. The van der Waals surface area contributed by atoms with Crippen molar-refractivity contribution in [2.45, 2.75) is 20.4 Å². The first-order chi connectivity index (χ1) is 14.4. The number of carbonyl (C=O) groups excluding carboxylic acids is 1. The van der Waals surface area contributed by atoms with Crippen LogP contribution >= 0.6 is 15.9 Å². The fraction of sp³-hybridized carbons (Fsp3) is 0.227. The molecule has 0 unspecified atom stereocenters. The second kappa shape index (κ2) is 9.58. The van der Waals surface area contributed by atoms with Crippen molar-refractivity contribution in [1.29, 1.82) is 0 Å². The predicted molar refractivity (Wildman–Crippen MR) is 122 cm³/mol. The van der Waals surface area contributed by atoms with Gasteiger partial charge in [-0.3, -0.25) is 14.8 Å². The number of amides is 1. The van der Waals surface area contributed by atoms with Gasteiger partial charge in [-0.15, -0.1) is 0 Å². The van der Waals surface area contributed by atoms with Gasteiger partial charge in [-0.05, 0) is 54.0 Å². The van der Waals surface area contributed by atoms with Crippen LogP contribution in [-0.2, 0) is 13.6 Å². The van der Waals surface area contributed by atoms with Crippen molar-refractivity contribution in [3.8, 4) is 5.75 Å². The number of anilines is 1. The zero-order valence-corrected chi connectivity index (χ0v) is 18.9. The fourth-order valence-corrected chi connectivity index (χ4v) is 3.44. The summed E-state index contributed by atoms with van der Waals surface area (Å²) in [6.45, 7) is 4.33. The van der Waals surface area contributed by atoms with E-state index in [1.54, 1.807) is 13.2 Å². The van der Waals surface area contributed by atoms with E-state index in [-0.39, 0.29) is 5.91 Å². The van der Waals surface area contributed by atoms with Gasteiger partial charge in [0.15, 0.2) is 0 Å². The number of hydrogen-bond donors (Lipinski definition) is 2. The minimum Gasteiger partial charge on any atom is -0.497 e. The molecule has 0 aliphatic rings.